The summed E-state index contributed by atoms with van der Waals surface area (Å²) in [6.45, 7) is 12.4. The molecule has 0 saturated heterocycles. The van der Waals surface area contributed by atoms with Crippen molar-refractivity contribution in [3.8, 4) is 5.75 Å². The number of ether oxygens (including phenoxy) is 2. The molecule has 0 spiro atoms. The van der Waals surface area contributed by atoms with Crippen LogP contribution in [0.4, 0.5) is 9.28 Å². The zero-order valence-corrected chi connectivity index (χ0v) is 19.5. The van der Waals surface area contributed by atoms with Crippen LogP contribution in [-0.4, -0.2) is 24.4 Å². The summed E-state index contributed by atoms with van der Waals surface area (Å²) in [4.78, 5) is 11.5. The molecular formula is C27H32FNO3. The highest BCUT2D eigenvalue weighted by molar-refractivity contribution is 5.88. The number of amides is 1. The maximum absolute atomic E-state index is 13.9. The van der Waals surface area contributed by atoms with Gasteiger partial charge in [0.25, 0.3) is 0 Å². The first-order valence-electron chi connectivity index (χ1n) is 11.3. The molecule has 0 aromatic heterocycles. The molecule has 32 heavy (non-hydrogen) atoms. The van der Waals surface area contributed by atoms with Crippen LogP contribution in [0.15, 0.2) is 43.0 Å². The first kappa shape index (κ1) is 23.6. The summed E-state index contributed by atoms with van der Waals surface area (Å²) in [5.74, 6) is 1.62. The number of halogens is 1. The number of carbonyl (C=O) groups excluding carboxylic acids is 1. The summed E-state index contributed by atoms with van der Waals surface area (Å²) in [5.41, 5.74) is 7.54. The van der Waals surface area contributed by atoms with Gasteiger partial charge in [-0.1, -0.05) is 54.7 Å². The third-order valence-electron chi connectivity index (χ3n) is 5.67. The molecular weight excluding hydrogens is 405 g/mol. The van der Waals surface area contributed by atoms with Gasteiger partial charge in [-0.3, -0.25) is 0 Å². The minimum atomic E-state index is -0.943. The summed E-state index contributed by atoms with van der Waals surface area (Å²) < 4.78 is 25.0. The second-order valence-corrected chi connectivity index (χ2v) is 8.02. The molecule has 5 heteroatoms. The second kappa shape index (κ2) is 10.5. The van der Waals surface area contributed by atoms with Crippen LogP contribution in [0.1, 0.15) is 60.6 Å². The van der Waals surface area contributed by atoms with Gasteiger partial charge in [-0.05, 0) is 73.9 Å². The Bertz CT molecular complexity index is 1040. The van der Waals surface area contributed by atoms with Crippen LogP contribution in [0, 0.1) is 6.92 Å². The van der Waals surface area contributed by atoms with Crippen molar-refractivity contribution >= 4 is 17.4 Å². The smallest absolute Gasteiger partial charge is 0.438 e. The highest BCUT2D eigenvalue weighted by Crippen LogP contribution is 2.40. The van der Waals surface area contributed by atoms with Gasteiger partial charge in [0.05, 0.1) is 13.2 Å². The number of hydrogen-bond acceptors (Lipinski definition) is 3. The molecule has 2 aromatic carbocycles. The quantitative estimate of drug-likeness (QED) is 0.424. The van der Waals surface area contributed by atoms with Crippen LogP contribution in [0.25, 0.3) is 11.3 Å². The lowest BCUT2D eigenvalue weighted by Gasteiger charge is -2.25. The number of hydrogen-bond donors (Lipinski definition) is 0. The lowest BCUT2D eigenvalue weighted by Crippen LogP contribution is -2.25. The number of aryl methyl sites for hydroxylation is 4. The molecule has 0 aliphatic carbocycles. The number of nitrogens with zero attached hydrogens (tertiary/aromatic N) is 1. The lowest BCUT2D eigenvalue weighted by molar-refractivity contribution is 0.0122. The van der Waals surface area contributed by atoms with Gasteiger partial charge in [0.15, 0.2) is 0 Å². The monoisotopic (exact) mass is 437 g/mol. The van der Waals surface area contributed by atoms with E-state index in [9.17, 15) is 9.28 Å². The molecule has 0 atom stereocenters. The Hall–Kier alpha value is -3.08. The molecule has 0 fully saturated rings. The Morgan fingerprint density at radius 3 is 2.56 bits per heavy atom. The van der Waals surface area contributed by atoms with Crippen molar-refractivity contribution in [2.75, 3.05) is 13.2 Å². The molecule has 0 saturated carbocycles. The van der Waals surface area contributed by atoms with Crippen LogP contribution in [0.2, 0.25) is 0 Å². The summed E-state index contributed by atoms with van der Waals surface area (Å²) in [5, 5.41) is 0.131. The molecule has 2 aromatic rings. The zero-order valence-electron chi connectivity index (χ0n) is 19.5. The van der Waals surface area contributed by atoms with E-state index < -0.39 is 6.09 Å². The predicted molar refractivity (Wildman–Crippen MR) is 127 cm³/mol. The first-order chi connectivity index (χ1) is 15.4. The second-order valence-electron chi connectivity index (χ2n) is 8.02. The Morgan fingerprint density at radius 2 is 1.88 bits per heavy atom. The maximum atomic E-state index is 13.9. The molecule has 0 N–H and O–H groups in total. The Labute approximate surface area is 190 Å². The Kier molecular flexibility index (Phi) is 7.73. The van der Waals surface area contributed by atoms with Crippen LogP contribution in [0.5, 0.6) is 5.75 Å². The maximum Gasteiger partial charge on any atom is 0.438 e. The molecule has 4 nitrogen and oxygen atoms in total. The van der Waals surface area contributed by atoms with Crippen molar-refractivity contribution in [1.82, 2.24) is 5.12 Å². The SMILES string of the molecule is C=C1C=C(c2ccc(C)cc2CCCN(F)C(=O)OCC)Oc2c(CC)cc(CC)cc21. The summed E-state index contributed by atoms with van der Waals surface area (Å²) >= 11 is 0. The third-order valence-corrected chi connectivity index (χ3v) is 5.67. The third kappa shape index (κ3) is 5.21. The molecule has 1 aliphatic heterocycles. The number of fused-ring (bicyclic) bond motifs is 1. The number of benzene rings is 2. The van der Waals surface area contributed by atoms with Crippen molar-refractivity contribution < 1.29 is 18.7 Å². The average molecular weight is 438 g/mol. The fraction of sp³-hybridized carbons (Fsp3) is 0.370. The largest absolute Gasteiger partial charge is 0.456 e. The molecule has 1 heterocycles. The summed E-state index contributed by atoms with van der Waals surface area (Å²) in [7, 11) is 0. The molecule has 0 bridgehead atoms. The predicted octanol–water partition coefficient (Wildman–Crippen LogP) is 6.84. The molecule has 3 rings (SSSR count). The van der Waals surface area contributed by atoms with Crippen LogP contribution < -0.4 is 4.74 Å². The number of rotatable bonds is 8. The van der Waals surface area contributed by atoms with Gasteiger partial charge in [-0.25, -0.2) is 4.79 Å². The van der Waals surface area contributed by atoms with Gasteiger partial charge in [-0.15, -0.1) is 5.12 Å². The minimum Gasteiger partial charge on any atom is -0.456 e. The molecule has 1 aliphatic rings. The van der Waals surface area contributed by atoms with Gasteiger partial charge in [-0.2, -0.15) is 0 Å². The fourth-order valence-electron chi connectivity index (χ4n) is 3.95. The van der Waals surface area contributed by atoms with Crippen molar-refractivity contribution in [3.05, 3.63) is 76.4 Å². The van der Waals surface area contributed by atoms with Crippen LogP contribution >= 0.6 is 0 Å². The van der Waals surface area contributed by atoms with Gasteiger partial charge in [0.1, 0.15) is 11.5 Å². The zero-order chi connectivity index (χ0) is 23.3. The van der Waals surface area contributed by atoms with Crippen LogP contribution in [0.3, 0.4) is 0 Å². The summed E-state index contributed by atoms with van der Waals surface area (Å²) in [6.07, 6.45) is 3.95. The van der Waals surface area contributed by atoms with E-state index in [1.54, 1.807) is 6.92 Å². The number of allylic oxidation sites excluding steroid dienone is 2. The molecule has 1 amide bonds. The Morgan fingerprint density at radius 1 is 1.09 bits per heavy atom. The van der Waals surface area contributed by atoms with E-state index in [4.69, 9.17) is 9.47 Å². The van der Waals surface area contributed by atoms with E-state index in [1.165, 1.54) is 11.1 Å². The van der Waals surface area contributed by atoms with E-state index in [0.717, 1.165) is 52.2 Å². The topological polar surface area (TPSA) is 38.8 Å². The van der Waals surface area contributed by atoms with E-state index in [0.29, 0.717) is 12.8 Å². The van der Waals surface area contributed by atoms with Crippen LogP contribution in [-0.2, 0) is 24.0 Å². The molecule has 170 valence electrons. The fourth-order valence-corrected chi connectivity index (χ4v) is 3.95. The normalized spacial score (nSPS) is 12.7. The van der Waals surface area contributed by atoms with E-state index >= 15 is 0 Å². The van der Waals surface area contributed by atoms with Crippen molar-refractivity contribution in [3.63, 3.8) is 0 Å². The van der Waals surface area contributed by atoms with Gasteiger partial charge in [0, 0.05) is 11.1 Å². The highest BCUT2D eigenvalue weighted by Gasteiger charge is 2.22. The van der Waals surface area contributed by atoms with Gasteiger partial charge < -0.3 is 9.47 Å². The van der Waals surface area contributed by atoms with Crippen molar-refractivity contribution in [2.45, 2.75) is 53.4 Å². The van der Waals surface area contributed by atoms with E-state index in [1.807, 2.05) is 25.1 Å². The summed E-state index contributed by atoms with van der Waals surface area (Å²) in [6, 6.07) is 10.5. The average Bonchev–Trinajstić information content (AvgIpc) is 2.78. The Balaban J connectivity index is 1.85. The molecule has 0 radical (unpaired) electrons. The molecule has 0 unspecified atom stereocenters. The van der Waals surface area contributed by atoms with Gasteiger partial charge in [0.2, 0.25) is 0 Å². The highest BCUT2D eigenvalue weighted by atomic mass is 19.2. The van der Waals surface area contributed by atoms with E-state index in [-0.39, 0.29) is 18.3 Å². The van der Waals surface area contributed by atoms with E-state index in [2.05, 4.69) is 38.6 Å². The van der Waals surface area contributed by atoms with Crippen molar-refractivity contribution in [1.29, 1.82) is 0 Å². The van der Waals surface area contributed by atoms with Crippen molar-refractivity contribution in [2.24, 2.45) is 0 Å². The first-order valence-corrected chi connectivity index (χ1v) is 11.3. The van der Waals surface area contributed by atoms with Gasteiger partial charge >= 0.3 is 6.09 Å². The number of carbonyl (C=O) groups is 1. The standard InChI is InChI=1S/C27H32FNO3/c1-6-20-16-21(7-2)26-24(17-20)19(5)15-25(32-26)23-12-11-18(4)14-22(23)10-9-13-29(28)27(30)31-8-3/h11-12,14-17H,5-10,13H2,1-4H3. The minimum absolute atomic E-state index is 0.0263. The lowest BCUT2D eigenvalue weighted by atomic mass is 9.92.